The zero-order valence-electron chi connectivity index (χ0n) is 14.8. The second-order valence-electron chi connectivity index (χ2n) is 5.72. The lowest BCUT2D eigenvalue weighted by atomic mass is 10.0. The molecule has 4 nitrogen and oxygen atoms in total. The first kappa shape index (κ1) is 17.9. The first-order chi connectivity index (χ1) is 11.6. The molecule has 0 aliphatic carbocycles. The maximum absolute atomic E-state index is 12.6. The number of hydrogen-bond acceptors (Lipinski definition) is 3. The average molecular weight is 327 g/mol. The molecule has 0 saturated heterocycles. The largest absolute Gasteiger partial charge is 0.490 e. The Morgan fingerprint density at radius 2 is 1.67 bits per heavy atom. The SMILES string of the molecule is CCOc1ccc(C(=O)Nc2ccccc2C(C)C)cc1OCC. The van der Waals surface area contributed by atoms with Gasteiger partial charge in [0, 0.05) is 11.3 Å². The summed E-state index contributed by atoms with van der Waals surface area (Å²) in [5.74, 6) is 1.41. The van der Waals surface area contributed by atoms with Crippen molar-refractivity contribution < 1.29 is 14.3 Å². The van der Waals surface area contributed by atoms with Gasteiger partial charge < -0.3 is 14.8 Å². The van der Waals surface area contributed by atoms with Crippen molar-refractivity contribution in [1.29, 1.82) is 0 Å². The van der Waals surface area contributed by atoms with E-state index in [0.29, 0.717) is 36.2 Å². The van der Waals surface area contributed by atoms with Crippen molar-refractivity contribution in [3.8, 4) is 11.5 Å². The number of para-hydroxylation sites is 1. The Morgan fingerprint density at radius 3 is 2.33 bits per heavy atom. The maximum atomic E-state index is 12.6. The lowest BCUT2D eigenvalue weighted by Gasteiger charge is -2.15. The monoisotopic (exact) mass is 327 g/mol. The molecule has 2 aromatic rings. The van der Waals surface area contributed by atoms with Gasteiger partial charge in [0.1, 0.15) is 0 Å². The van der Waals surface area contributed by atoms with Crippen LogP contribution in [0.25, 0.3) is 0 Å². The number of carbonyl (C=O) groups excluding carboxylic acids is 1. The highest BCUT2D eigenvalue weighted by molar-refractivity contribution is 6.05. The highest BCUT2D eigenvalue weighted by Crippen LogP contribution is 2.29. The summed E-state index contributed by atoms with van der Waals surface area (Å²) < 4.78 is 11.1. The lowest BCUT2D eigenvalue weighted by molar-refractivity contribution is 0.102. The van der Waals surface area contributed by atoms with Crippen LogP contribution in [0.2, 0.25) is 0 Å². The van der Waals surface area contributed by atoms with E-state index in [1.807, 2.05) is 38.1 Å². The normalized spacial score (nSPS) is 10.5. The van der Waals surface area contributed by atoms with Gasteiger partial charge in [-0.1, -0.05) is 32.0 Å². The molecule has 2 aromatic carbocycles. The number of hydrogen-bond donors (Lipinski definition) is 1. The lowest BCUT2D eigenvalue weighted by Crippen LogP contribution is -2.14. The van der Waals surface area contributed by atoms with E-state index in [2.05, 4.69) is 19.2 Å². The van der Waals surface area contributed by atoms with Crippen molar-refractivity contribution in [2.75, 3.05) is 18.5 Å². The molecule has 0 aliphatic rings. The third kappa shape index (κ3) is 4.28. The predicted molar refractivity (Wildman–Crippen MR) is 97.3 cm³/mol. The summed E-state index contributed by atoms with van der Waals surface area (Å²) in [6, 6.07) is 13.1. The molecule has 0 spiro atoms. The van der Waals surface area contributed by atoms with Crippen LogP contribution in [0.1, 0.15) is 49.5 Å². The summed E-state index contributed by atoms with van der Waals surface area (Å²) in [7, 11) is 0. The van der Waals surface area contributed by atoms with Crippen LogP contribution in [0.3, 0.4) is 0 Å². The topological polar surface area (TPSA) is 47.6 Å². The molecule has 128 valence electrons. The van der Waals surface area contributed by atoms with Gasteiger partial charge in [-0.15, -0.1) is 0 Å². The Kier molecular flexibility index (Phi) is 6.24. The molecular formula is C20H25NO3. The van der Waals surface area contributed by atoms with Gasteiger partial charge in [-0.3, -0.25) is 4.79 Å². The summed E-state index contributed by atoms with van der Waals surface area (Å²) in [4.78, 5) is 12.6. The van der Waals surface area contributed by atoms with Gasteiger partial charge in [0.2, 0.25) is 0 Å². The standard InChI is InChI=1S/C20H25NO3/c1-5-23-18-12-11-15(13-19(18)24-6-2)20(22)21-17-10-8-7-9-16(17)14(3)4/h7-14H,5-6H2,1-4H3,(H,21,22). The van der Waals surface area contributed by atoms with Gasteiger partial charge in [-0.2, -0.15) is 0 Å². The van der Waals surface area contributed by atoms with Crippen LogP contribution in [0.15, 0.2) is 42.5 Å². The van der Waals surface area contributed by atoms with Crippen molar-refractivity contribution >= 4 is 11.6 Å². The number of anilines is 1. The van der Waals surface area contributed by atoms with E-state index in [9.17, 15) is 4.79 Å². The molecule has 0 unspecified atom stereocenters. The van der Waals surface area contributed by atoms with Gasteiger partial charge in [-0.05, 0) is 49.6 Å². The summed E-state index contributed by atoms with van der Waals surface area (Å²) in [6.45, 7) is 9.10. The number of benzene rings is 2. The smallest absolute Gasteiger partial charge is 0.255 e. The summed E-state index contributed by atoms with van der Waals surface area (Å²) in [5, 5.41) is 2.99. The van der Waals surface area contributed by atoms with Gasteiger partial charge in [0.15, 0.2) is 11.5 Å². The van der Waals surface area contributed by atoms with E-state index in [1.54, 1.807) is 18.2 Å². The van der Waals surface area contributed by atoms with Gasteiger partial charge in [0.05, 0.1) is 13.2 Å². The molecule has 0 atom stereocenters. The predicted octanol–water partition coefficient (Wildman–Crippen LogP) is 4.86. The number of amides is 1. The van der Waals surface area contributed by atoms with Crippen LogP contribution in [0, 0.1) is 0 Å². The summed E-state index contributed by atoms with van der Waals surface area (Å²) in [6.07, 6.45) is 0. The van der Waals surface area contributed by atoms with E-state index in [0.717, 1.165) is 11.3 Å². The molecule has 24 heavy (non-hydrogen) atoms. The molecule has 0 saturated carbocycles. The fourth-order valence-electron chi connectivity index (χ4n) is 2.50. The summed E-state index contributed by atoms with van der Waals surface area (Å²) in [5.41, 5.74) is 2.49. The molecule has 1 amide bonds. The quantitative estimate of drug-likeness (QED) is 0.790. The third-order valence-corrected chi connectivity index (χ3v) is 3.64. The molecule has 0 fully saturated rings. The van der Waals surface area contributed by atoms with Crippen LogP contribution in [-0.2, 0) is 0 Å². The third-order valence-electron chi connectivity index (χ3n) is 3.64. The average Bonchev–Trinajstić information content (AvgIpc) is 2.57. The molecule has 0 heterocycles. The summed E-state index contributed by atoms with van der Waals surface area (Å²) >= 11 is 0. The second kappa shape index (κ2) is 8.39. The Balaban J connectivity index is 2.25. The zero-order valence-corrected chi connectivity index (χ0v) is 14.8. The number of carbonyl (C=O) groups is 1. The van der Waals surface area contributed by atoms with Crippen molar-refractivity contribution in [1.82, 2.24) is 0 Å². The van der Waals surface area contributed by atoms with Crippen LogP contribution in [0.5, 0.6) is 11.5 Å². The molecule has 1 N–H and O–H groups in total. The highest BCUT2D eigenvalue weighted by atomic mass is 16.5. The number of rotatable bonds is 7. The second-order valence-corrected chi connectivity index (χ2v) is 5.72. The van der Waals surface area contributed by atoms with Gasteiger partial charge in [0.25, 0.3) is 5.91 Å². The van der Waals surface area contributed by atoms with Gasteiger partial charge in [-0.25, -0.2) is 0 Å². The van der Waals surface area contributed by atoms with Crippen LogP contribution in [0.4, 0.5) is 5.69 Å². The van der Waals surface area contributed by atoms with Crippen molar-refractivity contribution in [3.63, 3.8) is 0 Å². The van der Waals surface area contributed by atoms with E-state index in [1.165, 1.54) is 0 Å². The molecular weight excluding hydrogens is 302 g/mol. The fraction of sp³-hybridized carbons (Fsp3) is 0.350. The molecule has 4 heteroatoms. The maximum Gasteiger partial charge on any atom is 0.255 e. The van der Waals surface area contributed by atoms with Gasteiger partial charge >= 0.3 is 0 Å². The van der Waals surface area contributed by atoms with Crippen molar-refractivity contribution in [3.05, 3.63) is 53.6 Å². The minimum absolute atomic E-state index is 0.160. The van der Waals surface area contributed by atoms with Crippen molar-refractivity contribution in [2.24, 2.45) is 0 Å². The van der Waals surface area contributed by atoms with E-state index in [-0.39, 0.29) is 5.91 Å². The van der Waals surface area contributed by atoms with Crippen LogP contribution >= 0.6 is 0 Å². The van der Waals surface area contributed by atoms with Crippen LogP contribution < -0.4 is 14.8 Å². The molecule has 0 aromatic heterocycles. The Hall–Kier alpha value is -2.49. The van der Waals surface area contributed by atoms with E-state index >= 15 is 0 Å². The van der Waals surface area contributed by atoms with E-state index < -0.39 is 0 Å². The Labute approximate surface area is 143 Å². The number of nitrogens with one attached hydrogen (secondary N) is 1. The molecule has 0 aliphatic heterocycles. The Morgan fingerprint density at radius 1 is 1.00 bits per heavy atom. The first-order valence-electron chi connectivity index (χ1n) is 8.36. The van der Waals surface area contributed by atoms with Crippen LogP contribution in [-0.4, -0.2) is 19.1 Å². The number of ether oxygens (including phenoxy) is 2. The zero-order chi connectivity index (χ0) is 17.5. The van der Waals surface area contributed by atoms with Crippen molar-refractivity contribution in [2.45, 2.75) is 33.6 Å². The molecule has 2 rings (SSSR count). The fourth-order valence-corrected chi connectivity index (χ4v) is 2.50. The molecule has 0 radical (unpaired) electrons. The Bertz CT molecular complexity index is 695. The molecule has 0 bridgehead atoms. The highest BCUT2D eigenvalue weighted by Gasteiger charge is 2.14. The minimum Gasteiger partial charge on any atom is -0.490 e. The first-order valence-corrected chi connectivity index (χ1v) is 8.36. The minimum atomic E-state index is -0.160. The van der Waals surface area contributed by atoms with E-state index in [4.69, 9.17) is 9.47 Å².